The molecule has 1 atom stereocenters. The third-order valence-electron chi connectivity index (χ3n) is 5.66. The lowest BCUT2D eigenvalue weighted by Gasteiger charge is -2.37. The zero-order chi connectivity index (χ0) is 22.8. The minimum Gasteiger partial charge on any atom is -0.464 e. The number of furan rings is 1. The number of H-pyrrole nitrogens is 1. The molecule has 3 aromatic rings. The van der Waals surface area contributed by atoms with Crippen molar-refractivity contribution in [2.24, 2.45) is 0 Å². The summed E-state index contributed by atoms with van der Waals surface area (Å²) < 4.78 is 10.0. The van der Waals surface area contributed by atoms with Gasteiger partial charge in [0.15, 0.2) is 5.76 Å². The van der Waals surface area contributed by atoms with E-state index in [0.717, 1.165) is 0 Å². The first-order valence-corrected chi connectivity index (χ1v) is 10.5. The smallest absolute Gasteiger partial charge is 0.356 e. The number of methoxy groups -OCH3 is 1. The van der Waals surface area contributed by atoms with Gasteiger partial charge in [-0.25, -0.2) is 4.79 Å². The number of amides is 2. The van der Waals surface area contributed by atoms with Crippen molar-refractivity contribution in [2.75, 3.05) is 38.6 Å². The third kappa shape index (κ3) is 4.21. The molecule has 1 aliphatic heterocycles. The monoisotopic (exact) mass is 458 g/mol. The number of nitrogens with one attached hydrogen (secondary N) is 2. The van der Waals surface area contributed by atoms with Gasteiger partial charge in [-0.1, -0.05) is 11.6 Å². The van der Waals surface area contributed by atoms with E-state index >= 15 is 0 Å². The second-order valence-corrected chi connectivity index (χ2v) is 7.96. The summed E-state index contributed by atoms with van der Waals surface area (Å²) in [5, 5.41) is 3.96. The lowest BCUT2D eigenvalue weighted by molar-refractivity contribution is -0.121. The number of esters is 1. The van der Waals surface area contributed by atoms with Crippen LogP contribution in [0, 0.1) is 0 Å². The molecule has 168 valence electrons. The Balaban J connectivity index is 1.46. The molecule has 0 saturated carbocycles. The van der Waals surface area contributed by atoms with Gasteiger partial charge >= 0.3 is 5.97 Å². The summed E-state index contributed by atoms with van der Waals surface area (Å²) in [5.74, 6) is -0.727. The van der Waals surface area contributed by atoms with E-state index in [0.29, 0.717) is 53.6 Å². The average Bonchev–Trinajstić information content (AvgIpc) is 3.46. The normalized spacial score (nSPS) is 15.5. The van der Waals surface area contributed by atoms with Gasteiger partial charge in [0.1, 0.15) is 5.69 Å². The topological polar surface area (TPSA) is 108 Å². The average molecular weight is 459 g/mol. The molecule has 0 bridgehead atoms. The summed E-state index contributed by atoms with van der Waals surface area (Å²) in [5.41, 5.74) is 1.14. The molecular formula is C22H23ClN4O5. The van der Waals surface area contributed by atoms with Gasteiger partial charge in [0.05, 0.1) is 25.1 Å². The van der Waals surface area contributed by atoms with Gasteiger partial charge in [-0.15, -0.1) is 0 Å². The van der Waals surface area contributed by atoms with Gasteiger partial charge in [-0.05, 0) is 37.3 Å². The van der Waals surface area contributed by atoms with Crippen LogP contribution in [-0.2, 0) is 9.53 Å². The number of hydrogen-bond acceptors (Lipinski definition) is 6. The molecule has 4 rings (SSSR count). The largest absolute Gasteiger partial charge is 0.464 e. The maximum Gasteiger partial charge on any atom is 0.356 e. The fourth-order valence-corrected chi connectivity index (χ4v) is 3.98. The predicted molar refractivity (Wildman–Crippen MR) is 119 cm³/mol. The van der Waals surface area contributed by atoms with E-state index in [-0.39, 0.29) is 17.5 Å². The van der Waals surface area contributed by atoms with Gasteiger partial charge < -0.3 is 24.4 Å². The van der Waals surface area contributed by atoms with Crippen LogP contribution in [-0.4, -0.2) is 71.9 Å². The number of nitrogens with zero attached hydrogens (tertiary/aromatic N) is 2. The molecule has 2 amide bonds. The SMILES string of the molecule is COC(=O)c1[nH]c2ccc(Cl)cc2c1NC(=O)[C@H](C)N1CCN(C(=O)c2ccco2)CC1. The number of aromatic amines is 1. The van der Waals surface area contributed by atoms with E-state index in [1.165, 1.54) is 13.4 Å². The van der Waals surface area contributed by atoms with Crippen molar-refractivity contribution in [1.82, 2.24) is 14.8 Å². The second-order valence-electron chi connectivity index (χ2n) is 7.53. The molecule has 1 aliphatic rings. The van der Waals surface area contributed by atoms with Crippen molar-refractivity contribution in [3.8, 4) is 0 Å². The highest BCUT2D eigenvalue weighted by atomic mass is 35.5. The molecule has 0 radical (unpaired) electrons. The number of rotatable bonds is 5. The van der Waals surface area contributed by atoms with Crippen LogP contribution in [0.4, 0.5) is 5.69 Å². The van der Waals surface area contributed by atoms with Crippen LogP contribution >= 0.6 is 11.6 Å². The van der Waals surface area contributed by atoms with Crippen molar-refractivity contribution in [1.29, 1.82) is 0 Å². The van der Waals surface area contributed by atoms with Gasteiger partial charge in [0, 0.05) is 42.1 Å². The highest BCUT2D eigenvalue weighted by molar-refractivity contribution is 6.31. The third-order valence-corrected chi connectivity index (χ3v) is 5.89. The van der Waals surface area contributed by atoms with Gasteiger partial charge in [-0.3, -0.25) is 14.5 Å². The molecule has 0 spiro atoms. The summed E-state index contributed by atoms with van der Waals surface area (Å²) in [7, 11) is 1.28. The van der Waals surface area contributed by atoms with E-state index in [1.54, 1.807) is 42.2 Å². The summed E-state index contributed by atoms with van der Waals surface area (Å²) in [6.07, 6.45) is 1.47. The minimum atomic E-state index is -0.592. The number of ether oxygens (including phenoxy) is 1. The summed E-state index contributed by atoms with van der Waals surface area (Å²) >= 11 is 6.12. The fourth-order valence-electron chi connectivity index (χ4n) is 3.81. The fraction of sp³-hybridized carbons (Fsp3) is 0.318. The zero-order valence-electron chi connectivity index (χ0n) is 17.7. The maximum atomic E-state index is 13.1. The molecule has 2 N–H and O–H groups in total. The maximum absolute atomic E-state index is 13.1. The summed E-state index contributed by atoms with van der Waals surface area (Å²) in [6, 6.07) is 7.94. The van der Waals surface area contributed by atoms with Crippen LogP contribution in [0.5, 0.6) is 0 Å². The molecule has 9 nitrogen and oxygen atoms in total. The van der Waals surface area contributed by atoms with Gasteiger partial charge in [0.2, 0.25) is 5.91 Å². The molecule has 1 fully saturated rings. The lowest BCUT2D eigenvalue weighted by Crippen LogP contribution is -2.54. The molecule has 10 heteroatoms. The van der Waals surface area contributed by atoms with Crippen molar-refractivity contribution < 1.29 is 23.5 Å². The van der Waals surface area contributed by atoms with Gasteiger partial charge in [-0.2, -0.15) is 0 Å². The Hall–Kier alpha value is -3.30. The van der Waals surface area contributed by atoms with Gasteiger partial charge in [0.25, 0.3) is 5.91 Å². The van der Waals surface area contributed by atoms with E-state index in [1.807, 2.05) is 4.90 Å². The molecule has 0 unspecified atom stereocenters. The highest BCUT2D eigenvalue weighted by Gasteiger charge is 2.30. The number of carbonyl (C=O) groups is 3. The second kappa shape index (κ2) is 9.05. The standard InChI is InChI=1S/C22H23ClN4O5/c1-13(26-7-9-27(10-8-26)21(29)17-4-3-11-32-17)20(28)25-18-15-12-14(23)5-6-16(15)24-19(18)22(30)31-2/h3-6,11-13,24H,7-10H2,1-2H3,(H,25,28)/t13-/m0/s1. The molecule has 2 aromatic heterocycles. The summed E-state index contributed by atoms with van der Waals surface area (Å²) in [6.45, 7) is 3.81. The Kier molecular flexibility index (Phi) is 6.20. The van der Waals surface area contributed by atoms with Crippen LogP contribution < -0.4 is 5.32 Å². The van der Waals surface area contributed by atoms with Crippen LogP contribution in [0.25, 0.3) is 10.9 Å². The first-order valence-electron chi connectivity index (χ1n) is 10.2. The highest BCUT2D eigenvalue weighted by Crippen LogP contribution is 2.31. The van der Waals surface area contributed by atoms with Crippen LogP contribution in [0.1, 0.15) is 28.0 Å². The quantitative estimate of drug-likeness (QED) is 0.569. The Bertz CT molecular complexity index is 1150. The Morgan fingerprint density at radius 3 is 2.59 bits per heavy atom. The van der Waals surface area contributed by atoms with E-state index in [9.17, 15) is 14.4 Å². The molecule has 1 saturated heterocycles. The number of fused-ring (bicyclic) bond motifs is 1. The Labute approximate surface area is 189 Å². The van der Waals surface area contributed by atoms with Crippen molar-refractivity contribution in [3.63, 3.8) is 0 Å². The van der Waals surface area contributed by atoms with E-state index < -0.39 is 12.0 Å². The number of hydrogen-bond donors (Lipinski definition) is 2. The number of carbonyl (C=O) groups excluding carboxylic acids is 3. The number of benzene rings is 1. The van der Waals surface area contributed by atoms with Crippen LogP contribution in [0.2, 0.25) is 5.02 Å². The molecule has 1 aromatic carbocycles. The minimum absolute atomic E-state index is 0.152. The molecule has 0 aliphatic carbocycles. The Morgan fingerprint density at radius 1 is 1.19 bits per heavy atom. The number of aromatic nitrogens is 1. The molecule has 32 heavy (non-hydrogen) atoms. The van der Waals surface area contributed by atoms with Crippen LogP contribution in [0.15, 0.2) is 41.0 Å². The predicted octanol–water partition coefficient (Wildman–Crippen LogP) is 2.99. The first kappa shape index (κ1) is 21.9. The zero-order valence-corrected chi connectivity index (χ0v) is 18.4. The van der Waals surface area contributed by atoms with Crippen molar-refractivity contribution in [2.45, 2.75) is 13.0 Å². The number of piperazine rings is 1. The van der Waals surface area contributed by atoms with Crippen molar-refractivity contribution >= 4 is 46.0 Å². The number of halogens is 1. The molecular weight excluding hydrogens is 436 g/mol. The Morgan fingerprint density at radius 2 is 1.94 bits per heavy atom. The van der Waals surface area contributed by atoms with E-state index in [2.05, 4.69) is 10.3 Å². The number of anilines is 1. The van der Waals surface area contributed by atoms with Crippen molar-refractivity contribution in [3.05, 3.63) is 53.1 Å². The van der Waals surface area contributed by atoms with E-state index in [4.69, 9.17) is 20.8 Å². The first-order chi connectivity index (χ1) is 15.4. The van der Waals surface area contributed by atoms with Crippen LogP contribution in [0.3, 0.4) is 0 Å². The lowest BCUT2D eigenvalue weighted by atomic mass is 10.1. The molecule has 3 heterocycles. The summed E-state index contributed by atoms with van der Waals surface area (Å²) in [4.78, 5) is 44.4.